The molecule has 0 bridgehead atoms. The van der Waals surface area contributed by atoms with Crippen LogP contribution in [0.25, 0.3) is 32.3 Å². The van der Waals surface area contributed by atoms with Gasteiger partial charge in [0.2, 0.25) is 0 Å². The zero-order valence-corrected chi connectivity index (χ0v) is 22.2. The molecule has 0 aromatic heterocycles. The van der Waals surface area contributed by atoms with Crippen molar-refractivity contribution in [3.05, 3.63) is 36.4 Å². The molecule has 0 amide bonds. The Bertz CT molecular complexity index is 1760. The van der Waals surface area contributed by atoms with Gasteiger partial charge in [0.15, 0.2) is 0 Å². The van der Waals surface area contributed by atoms with E-state index in [9.17, 15) is 38.9 Å². The number of hydrogen-bond acceptors (Lipinski definition) is 10. The van der Waals surface area contributed by atoms with Crippen LogP contribution in [0.2, 0.25) is 0 Å². The van der Waals surface area contributed by atoms with Crippen molar-refractivity contribution in [2.45, 2.75) is 60.1 Å². The van der Waals surface area contributed by atoms with E-state index in [0.717, 1.165) is 44.2 Å². The molecule has 0 N–H and O–H groups in total. The standard InChI is InChI=1S/C24H26O10S3/c1-2-3-4-5-6-7-12-34-19-13-20(35(25,26)27)16-10-11-18-22(37(31,32)33)14-21(36(28,29)30)17-9-8-15(19)23(16)24(17)18/h8-11,13-14H,2-7,12H2,1H3,(H,25,26,27)(H,28,29,30)(H,31,32,33)/p-3. The topological polar surface area (TPSA) is 181 Å². The normalized spacial score (nSPS) is 13.2. The number of unbranched alkanes of at least 4 members (excludes halogenated alkanes) is 5. The lowest BCUT2D eigenvalue weighted by Crippen LogP contribution is -2.08. The van der Waals surface area contributed by atoms with Crippen LogP contribution in [0, 0.1) is 0 Å². The molecular formula is C24H23O10S3-3. The molecule has 0 saturated carbocycles. The van der Waals surface area contributed by atoms with Gasteiger partial charge in [-0.15, -0.1) is 0 Å². The summed E-state index contributed by atoms with van der Waals surface area (Å²) in [4.78, 5) is -2.56. The van der Waals surface area contributed by atoms with Gasteiger partial charge >= 0.3 is 0 Å². The minimum atomic E-state index is -5.25. The Labute approximate surface area is 214 Å². The molecule has 0 atom stereocenters. The third-order valence-corrected chi connectivity index (χ3v) is 8.94. The Kier molecular flexibility index (Phi) is 7.40. The van der Waals surface area contributed by atoms with Gasteiger partial charge in [0, 0.05) is 32.3 Å². The molecule has 0 fully saturated rings. The van der Waals surface area contributed by atoms with Gasteiger partial charge in [-0.25, -0.2) is 25.3 Å². The molecule has 0 aliphatic carbocycles. The van der Waals surface area contributed by atoms with Crippen LogP contribution < -0.4 is 4.74 Å². The van der Waals surface area contributed by atoms with E-state index in [1.54, 1.807) is 0 Å². The molecule has 0 aliphatic heterocycles. The molecule has 200 valence electrons. The summed E-state index contributed by atoms with van der Waals surface area (Å²) in [5, 5.41) is -0.418. The minimum Gasteiger partial charge on any atom is -0.744 e. The van der Waals surface area contributed by atoms with E-state index in [1.807, 2.05) is 0 Å². The van der Waals surface area contributed by atoms with Gasteiger partial charge in [-0.3, -0.25) is 0 Å². The highest BCUT2D eigenvalue weighted by atomic mass is 32.2. The Balaban J connectivity index is 2.01. The summed E-state index contributed by atoms with van der Waals surface area (Å²) in [6.45, 7) is 2.30. The smallest absolute Gasteiger partial charge is 0.128 e. The van der Waals surface area contributed by atoms with E-state index in [2.05, 4.69) is 6.92 Å². The lowest BCUT2D eigenvalue weighted by atomic mass is 9.93. The first-order valence-electron chi connectivity index (χ1n) is 11.5. The lowest BCUT2D eigenvalue weighted by Gasteiger charge is -2.22. The van der Waals surface area contributed by atoms with Gasteiger partial charge in [0.05, 0.1) is 21.3 Å². The summed E-state index contributed by atoms with van der Waals surface area (Å²) < 4.78 is 114. The molecule has 0 saturated heterocycles. The van der Waals surface area contributed by atoms with Crippen molar-refractivity contribution < 1.29 is 43.6 Å². The second-order valence-corrected chi connectivity index (χ2v) is 12.8. The third-order valence-electron chi connectivity index (χ3n) is 6.31. The number of hydrogen-bond donors (Lipinski definition) is 0. The maximum Gasteiger partial charge on any atom is 0.128 e. The minimum absolute atomic E-state index is 0.000251. The van der Waals surface area contributed by atoms with Gasteiger partial charge in [-0.05, 0) is 24.6 Å². The summed E-state index contributed by atoms with van der Waals surface area (Å²) in [5.41, 5.74) is 0. The van der Waals surface area contributed by atoms with Crippen molar-refractivity contribution >= 4 is 62.7 Å². The zero-order valence-electron chi connectivity index (χ0n) is 19.7. The van der Waals surface area contributed by atoms with E-state index in [-0.39, 0.29) is 44.7 Å². The van der Waals surface area contributed by atoms with Crippen molar-refractivity contribution in [1.29, 1.82) is 0 Å². The second-order valence-electron chi connectivity index (χ2n) is 8.80. The first kappa shape index (κ1) is 27.5. The average molecular weight is 568 g/mol. The van der Waals surface area contributed by atoms with Gasteiger partial charge in [-0.2, -0.15) is 0 Å². The Morgan fingerprint density at radius 2 is 1.00 bits per heavy atom. The molecule has 4 rings (SSSR count). The first-order valence-corrected chi connectivity index (χ1v) is 15.8. The quantitative estimate of drug-likeness (QED) is 0.146. The molecule has 0 heterocycles. The predicted octanol–water partition coefficient (Wildman–Crippen LogP) is 4.04. The molecule has 0 radical (unpaired) electrons. The van der Waals surface area contributed by atoms with E-state index in [4.69, 9.17) is 4.74 Å². The van der Waals surface area contributed by atoms with Crippen molar-refractivity contribution in [2.75, 3.05) is 6.61 Å². The summed E-state index contributed by atoms with van der Waals surface area (Å²) in [5.74, 6) is 0.0202. The van der Waals surface area contributed by atoms with Crippen LogP contribution >= 0.6 is 0 Å². The van der Waals surface area contributed by atoms with E-state index in [0.29, 0.717) is 12.5 Å². The van der Waals surface area contributed by atoms with Crippen molar-refractivity contribution in [3.63, 3.8) is 0 Å². The Hall–Kier alpha value is -2.55. The van der Waals surface area contributed by atoms with Crippen LogP contribution in [-0.2, 0) is 30.4 Å². The highest BCUT2D eigenvalue weighted by Crippen LogP contribution is 2.45. The summed E-state index contributed by atoms with van der Waals surface area (Å²) in [6, 6.07) is 6.54. The zero-order chi connectivity index (χ0) is 27.2. The maximum absolute atomic E-state index is 12.2. The van der Waals surface area contributed by atoms with Crippen LogP contribution in [-0.4, -0.2) is 45.5 Å². The van der Waals surface area contributed by atoms with Crippen LogP contribution in [0.15, 0.2) is 51.1 Å². The SMILES string of the molecule is CCCCCCCCOc1cc(S(=O)(=O)[O-])c2ccc3c(S(=O)(=O)[O-])cc(S(=O)(=O)[O-])c4ccc1c2c43. The highest BCUT2D eigenvalue weighted by Gasteiger charge is 2.23. The molecule has 0 spiro atoms. The highest BCUT2D eigenvalue weighted by molar-refractivity contribution is 7.87. The maximum atomic E-state index is 12.2. The molecule has 0 aliphatic rings. The molecule has 4 aromatic carbocycles. The van der Waals surface area contributed by atoms with E-state index in [1.165, 1.54) is 18.2 Å². The van der Waals surface area contributed by atoms with Crippen molar-refractivity contribution in [3.8, 4) is 5.75 Å². The van der Waals surface area contributed by atoms with Gasteiger partial charge < -0.3 is 18.4 Å². The van der Waals surface area contributed by atoms with E-state index >= 15 is 0 Å². The van der Waals surface area contributed by atoms with Crippen LogP contribution in [0.3, 0.4) is 0 Å². The summed E-state index contributed by atoms with van der Waals surface area (Å²) in [6.07, 6.45) is 5.80. The van der Waals surface area contributed by atoms with Crippen molar-refractivity contribution in [2.24, 2.45) is 0 Å². The third kappa shape index (κ3) is 5.38. The molecule has 37 heavy (non-hydrogen) atoms. The number of rotatable bonds is 11. The summed E-state index contributed by atoms with van der Waals surface area (Å²) in [7, 11) is -15.6. The lowest BCUT2D eigenvalue weighted by molar-refractivity contribution is 0.307. The average Bonchev–Trinajstić information content (AvgIpc) is 2.79. The molecule has 10 nitrogen and oxygen atoms in total. The molecule has 4 aromatic rings. The fraction of sp³-hybridized carbons (Fsp3) is 0.333. The number of ether oxygens (including phenoxy) is 1. The van der Waals surface area contributed by atoms with Crippen LogP contribution in [0.1, 0.15) is 45.4 Å². The van der Waals surface area contributed by atoms with Crippen molar-refractivity contribution in [1.82, 2.24) is 0 Å². The van der Waals surface area contributed by atoms with Gasteiger partial charge in [0.1, 0.15) is 36.1 Å². The summed E-state index contributed by atoms with van der Waals surface area (Å²) >= 11 is 0. The predicted molar refractivity (Wildman–Crippen MR) is 133 cm³/mol. The van der Waals surface area contributed by atoms with Crippen LogP contribution in [0.5, 0.6) is 5.75 Å². The van der Waals surface area contributed by atoms with Crippen LogP contribution in [0.4, 0.5) is 0 Å². The molecule has 13 heteroatoms. The van der Waals surface area contributed by atoms with Gasteiger partial charge in [0.25, 0.3) is 0 Å². The van der Waals surface area contributed by atoms with Gasteiger partial charge in [-0.1, -0.05) is 57.2 Å². The number of benzene rings is 4. The fourth-order valence-corrected chi connectivity index (χ4v) is 6.84. The Morgan fingerprint density at radius 1 is 0.595 bits per heavy atom. The largest absolute Gasteiger partial charge is 0.744 e. The fourth-order valence-electron chi connectivity index (χ4n) is 4.67. The first-order chi connectivity index (χ1) is 17.2. The Morgan fingerprint density at radius 3 is 1.49 bits per heavy atom. The second kappa shape index (κ2) is 9.97. The molecular weight excluding hydrogens is 544 g/mol. The molecule has 0 unspecified atom stereocenters. The van der Waals surface area contributed by atoms with E-state index < -0.39 is 45.0 Å². The monoisotopic (exact) mass is 567 g/mol.